The molecule has 0 saturated carbocycles. The molecule has 1 saturated heterocycles. The summed E-state index contributed by atoms with van der Waals surface area (Å²) < 4.78 is 46.1. The van der Waals surface area contributed by atoms with Crippen LogP contribution in [0.1, 0.15) is 29.7 Å². The number of hydrogen-bond acceptors (Lipinski definition) is 6. The van der Waals surface area contributed by atoms with E-state index in [-0.39, 0.29) is 37.2 Å². The summed E-state index contributed by atoms with van der Waals surface area (Å²) in [5, 5.41) is 17.0. The van der Waals surface area contributed by atoms with Gasteiger partial charge >= 0.3 is 0 Å². The molecule has 0 bridgehead atoms. The first-order valence-electron chi connectivity index (χ1n) is 9.13. The summed E-state index contributed by atoms with van der Waals surface area (Å²) in [5.41, 5.74) is 0.571. The fraction of sp³-hybridized carbons (Fsp3) is 0.444. The maximum Gasteiger partial charge on any atom is 0.246 e. The lowest BCUT2D eigenvalue weighted by atomic mass is 9.85. The zero-order valence-corrected chi connectivity index (χ0v) is 16.9. The minimum absolute atomic E-state index is 0.00752. The van der Waals surface area contributed by atoms with Gasteiger partial charge in [-0.1, -0.05) is 0 Å². The second-order valence-electron chi connectivity index (χ2n) is 7.22. The fourth-order valence-corrected chi connectivity index (χ4v) is 5.47. The van der Waals surface area contributed by atoms with Gasteiger partial charge in [-0.05, 0) is 31.4 Å². The Morgan fingerprint density at radius 3 is 2.72 bits per heavy atom. The molecular weight excluding hydrogens is 397 g/mol. The summed E-state index contributed by atoms with van der Waals surface area (Å²) >= 11 is 0. The third kappa shape index (κ3) is 3.18. The van der Waals surface area contributed by atoms with Gasteiger partial charge in [0.2, 0.25) is 10.0 Å². The minimum atomic E-state index is -3.86. The Morgan fingerprint density at radius 2 is 2.03 bits per heavy atom. The molecule has 4 rings (SSSR count). The molecule has 1 aliphatic heterocycles. The molecule has 0 radical (unpaired) electrons. The SMILES string of the molecule is Cc1cc2ncnn2cc1C1(F)CCN(S(=O)(=O)c2cnn(C)c2CC#N)CC1. The van der Waals surface area contributed by atoms with E-state index in [1.54, 1.807) is 19.3 Å². The number of halogens is 1. The number of aromatic nitrogens is 5. The van der Waals surface area contributed by atoms with Crippen molar-refractivity contribution in [3.8, 4) is 6.07 Å². The largest absolute Gasteiger partial charge is 0.270 e. The number of fused-ring (bicyclic) bond motifs is 1. The number of piperidine rings is 1. The van der Waals surface area contributed by atoms with Gasteiger partial charge in [0.1, 0.15) is 16.9 Å². The van der Waals surface area contributed by atoms with Crippen molar-refractivity contribution >= 4 is 15.7 Å². The van der Waals surface area contributed by atoms with Crippen LogP contribution in [0, 0.1) is 18.3 Å². The standard InChI is InChI=1S/C18H20FN7O2S/c1-13-9-17-21-12-23-26(17)11-14(13)18(19)4-7-25(8-5-18)29(27,28)16-10-22-24(2)15(16)3-6-20/h9-12H,3-5,7-8H2,1-2H3. The summed E-state index contributed by atoms with van der Waals surface area (Å²) in [6.45, 7) is 1.89. The Hall–Kier alpha value is -2.84. The molecule has 3 aromatic heterocycles. The van der Waals surface area contributed by atoms with Crippen LogP contribution in [0.2, 0.25) is 0 Å². The average molecular weight is 417 g/mol. The van der Waals surface area contributed by atoms with Crippen LogP contribution in [0.3, 0.4) is 0 Å². The summed E-state index contributed by atoms with van der Waals surface area (Å²) in [4.78, 5) is 4.11. The van der Waals surface area contributed by atoms with Gasteiger partial charge in [-0.15, -0.1) is 0 Å². The number of rotatable bonds is 4. The topological polar surface area (TPSA) is 109 Å². The highest BCUT2D eigenvalue weighted by molar-refractivity contribution is 7.89. The first-order chi connectivity index (χ1) is 13.8. The second kappa shape index (κ2) is 6.89. The van der Waals surface area contributed by atoms with Crippen molar-refractivity contribution in [2.45, 2.75) is 36.8 Å². The van der Waals surface area contributed by atoms with Gasteiger partial charge in [0.05, 0.1) is 24.4 Å². The van der Waals surface area contributed by atoms with E-state index in [1.165, 1.54) is 26.0 Å². The molecule has 0 spiro atoms. The lowest BCUT2D eigenvalue weighted by Gasteiger charge is -2.36. The smallest absolute Gasteiger partial charge is 0.246 e. The summed E-state index contributed by atoms with van der Waals surface area (Å²) in [7, 11) is -2.26. The molecule has 0 aromatic carbocycles. The highest BCUT2D eigenvalue weighted by Gasteiger charge is 2.42. The van der Waals surface area contributed by atoms with Crippen LogP contribution in [0.25, 0.3) is 5.65 Å². The van der Waals surface area contributed by atoms with Crippen molar-refractivity contribution in [1.82, 2.24) is 28.7 Å². The minimum Gasteiger partial charge on any atom is -0.270 e. The normalized spacial score (nSPS) is 17.4. The van der Waals surface area contributed by atoms with Gasteiger partial charge in [0.15, 0.2) is 5.65 Å². The lowest BCUT2D eigenvalue weighted by Crippen LogP contribution is -2.43. The van der Waals surface area contributed by atoms with Crippen molar-refractivity contribution in [2.75, 3.05) is 13.1 Å². The highest BCUT2D eigenvalue weighted by Crippen LogP contribution is 2.40. The third-order valence-corrected chi connectivity index (χ3v) is 7.45. The predicted octanol–water partition coefficient (Wildman–Crippen LogP) is 1.49. The highest BCUT2D eigenvalue weighted by atomic mass is 32.2. The van der Waals surface area contributed by atoms with Gasteiger partial charge in [-0.2, -0.15) is 19.8 Å². The molecule has 0 aliphatic carbocycles. The van der Waals surface area contributed by atoms with E-state index >= 15 is 4.39 Å². The average Bonchev–Trinajstić information content (AvgIpc) is 3.28. The second-order valence-corrected chi connectivity index (χ2v) is 9.12. The maximum atomic E-state index is 15.8. The lowest BCUT2D eigenvalue weighted by molar-refractivity contribution is 0.0858. The Labute approximate surface area is 167 Å². The summed E-state index contributed by atoms with van der Waals surface area (Å²) in [6, 6.07) is 3.74. The third-order valence-electron chi connectivity index (χ3n) is 5.51. The van der Waals surface area contributed by atoms with Gasteiger partial charge in [-0.25, -0.2) is 22.3 Å². The Kier molecular flexibility index (Phi) is 4.63. The van der Waals surface area contributed by atoms with Gasteiger partial charge in [0.25, 0.3) is 0 Å². The predicted molar refractivity (Wildman–Crippen MR) is 101 cm³/mol. The van der Waals surface area contributed by atoms with Crippen molar-refractivity contribution in [2.24, 2.45) is 7.05 Å². The van der Waals surface area contributed by atoms with E-state index in [0.717, 1.165) is 5.56 Å². The van der Waals surface area contributed by atoms with Crippen LogP contribution in [0.15, 0.2) is 29.7 Å². The molecule has 152 valence electrons. The number of hydrogen-bond donors (Lipinski definition) is 0. The molecule has 29 heavy (non-hydrogen) atoms. The van der Waals surface area contributed by atoms with Crippen LogP contribution in [0.4, 0.5) is 4.39 Å². The van der Waals surface area contributed by atoms with E-state index in [0.29, 0.717) is 16.9 Å². The first kappa shape index (κ1) is 19.5. The van der Waals surface area contributed by atoms with E-state index in [9.17, 15) is 8.42 Å². The molecule has 0 N–H and O–H groups in total. The van der Waals surface area contributed by atoms with Crippen molar-refractivity contribution in [1.29, 1.82) is 5.26 Å². The number of alkyl halides is 1. The molecule has 0 unspecified atom stereocenters. The number of sulfonamides is 1. The van der Waals surface area contributed by atoms with Crippen molar-refractivity contribution < 1.29 is 12.8 Å². The Balaban J connectivity index is 1.60. The molecule has 3 aromatic rings. The summed E-state index contributed by atoms with van der Waals surface area (Å²) in [6.07, 6.45) is 4.28. The first-order valence-corrected chi connectivity index (χ1v) is 10.6. The van der Waals surface area contributed by atoms with E-state index < -0.39 is 15.7 Å². The number of nitrogens with zero attached hydrogens (tertiary/aromatic N) is 7. The Bertz CT molecular complexity index is 1220. The quantitative estimate of drug-likeness (QED) is 0.636. The van der Waals surface area contributed by atoms with Gasteiger partial charge in [0, 0.05) is 31.9 Å². The molecule has 11 heteroatoms. The maximum absolute atomic E-state index is 15.8. The molecule has 1 aliphatic rings. The van der Waals surface area contributed by atoms with Gasteiger partial charge < -0.3 is 0 Å². The van der Waals surface area contributed by atoms with Gasteiger partial charge in [-0.3, -0.25) is 4.68 Å². The number of nitriles is 1. The number of pyridine rings is 1. The molecule has 0 amide bonds. The van der Waals surface area contributed by atoms with Crippen LogP contribution in [-0.2, 0) is 29.2 Å². The van der Waals surface area contributed by atoms with Crippen LogP contribution in [-0.4, -0.2) is 50.2 Å². The molecule has 0 atom stereocenters. The van der Waals surface area contributed by atoms with Crippen LogP contribution in [0.5, 0.6) is 0 Å². The fourth-order valence-electron chi connectivity index (χ4n) is 3.85. The zero-order chi connectivity index (χ0) is 20.8. The van der Waals surface area contributed by atoms with E-state index in [2.05, 4.69) is 15.2 Å². The zero-order valence-electron chi connectivity index (χ0n) is 16.1. The summed E-state index contributed by atoms with van der Waals surface area (Å²) in [5.74, 6) is 0. The Morgan fingerprint density at radius 1 is 1.31 bits per heavy atom. The van der Waals surface area contributed by atoms with Crippen LogP contribution < -0.4 is 0 Å². The van der Waals surface area contributed by atoms with E-state index in [4.69, 9.17) is 5.26 Å². The molecule has 4 heterocycles. The monoisotopic (exact) mass is 417 g/mol. The number of aryl methyl sites for hydroxylation is 2. The van der Waals surface area contributed by atoms with Crippen molar-refractivity contribution in [3.05, 3.63) is 41.6 Å². The van der Waals surface area contributed by atoms with E-state index in [1.807, 2.05) is 13.0 Å². The van der Waals surface area contributed by atoms with Crippen LogP contribution >= 0.6 is 0 Å². The molecular formula is C18H20FN7O2S. The van der Waals surface area contributed by atoms with Crippen molar-refractivity contribution in [3.63, 3.8) is 0 Å². The molecule has 1 fully saturated rings. The molecule has 9 nitrogen and oxygen atoms in total.